The molecule has 9 heteroatoms. The Kier molecular flexibility index (Phi) is 9.88. The lowest BCUT2D eigenvalue weighted by Crippen LogP contribution is -2.46. The number of aliphatic imine (C=N–C) groups is 1. The smallest absolute Gasteiger partial charge is 0.311 e. The van der Waals surface area contributed by atoms with Gasteiger partial charge in [-0.2, -0.15) is 0 Å². The van der Waals surface area contributed by atoms with E-state index in [-0.39, 0.29) is 18.7 Å². The number of nitrogens with zero attached hydrogens (tertiary/aromatic N) is 3. The molecule has 3 aliphatic rings. The van der Waals surface area contributed by atoms with E-state index in [4.69, 9.17) is 37.4 Å². The topological polar surface area (TPSA) is 63.6 Å². The summed E-state index contributed by atoms with van der Waals surface area (Å²) < 4.78 is 17.0. The van der Waals surface area contributed by atoms with Crippen molar-refractivity contribution in [2.24, 2.45) is 10.9 Å². The minimum atomic E-state index is -0.148. The van der Waals surface area contributed by atoms with Gasteiger partial charge >= 0.3 is 5.97 Å². The molecule has 7 nitrogen and oxygen atoms in total. The van der Waals surface area contributed by atoms with Gasteiger partial charge < -0.3 is 19.1 Å². The number of aryl methyl sites for hydroxylation is 1. The largest absolute Gasteiger partial charge is 0.494 e. The lowest BCUT2D eigenvalue weighted by Gasteiger charge is -2.36. The molecule has 0 radical (unpaired) electrons. The Hall–Kier alpha value is -2.48. The van der Waals surface area contributed by atoms with Crippen molar-refractivity contribution in [3.05, 3.63) is 52.0 Å². The van der Waals surface area contributed by atoms with Gasteiger partial charge in [0, 0.05) is 38.7 Å². The van der Waals surface area contributed by atoms with Crippen LogP contribution < -0.4 is 9.64 Å². The van der Waals surface area contributed by atoms with E-state index < -0.39 is 0 Å². The van der Waals surface area contributed by atoms with E-state index in [1.54, 1.807) is 0 Å². The summed E-state index contributed by atoms with van der Waals surface area (Å²) in [5.74, 6) is 1.31. The summed E-state index contributed by atoms with van der Waals surface area (Å²) in [6.07, 6.45) is 7.68. The van der Waals surface area contributed by atoms with Crippen molar-refractivity contribution in [1.29, 1.82) is 0 Å². The fourth-order valence-corrected chi connectivity index (χ4v) is 5.91. The first kappa shape index (κ1) is 28.1. The van der Waals surface area contributed by atoms with Crippen LogP contribution >= 0.6 is 23.2 Å². The number of carbonyl (C=O) groups excluding carboxylic acids is 1. The third-order valence-electron chi connectivity index (χ3n) is 7.81. The van der Waals surface area contributed by atoms with Crippen LogP contribution in [0.25, 0.3) is 0 Å². The number of benzene rings is 2. The molecular weight excluding hydrogens is 537 g/mol. The Bertz CT molecular complexity index is 1160. The minimum Gasteiger partial charge on any atom is -0.494 e. The summed E-state index contributed by atoms with van der Waals surface area (Å²) in [5.41, 5.74) is 3.07. The van der Waals surface area contributed by atoms with Gasteiger partial charge in [0.25, 0.3) is 0 Å². The number of ether oxygens (including phenoxy) is 3. The molecule has 2 aromatic carbocycles. The van der Waals surface area contributed by atoms with Crippen LogP contribution in [0.4, 0.5) is 11.4 Å². The molecule has 39 heavy (non-hydrogen) atoms. The second-order valence-corrected chi connectivity index (χ2v) is 11.2. The number of anilines is 1. The highest BCUT2D eigenvalue weighted by Crippen LogP contribution is 2.33. The van der Waals surface area contributed by atoms with E-state index in [1.165, 1.54) is 5.56 Å². The van der Waals surface area contributed by atoms with E-state index >= 15 is 0 Å². The lowest BCUT2D eigenvalue weighted by molar-refractivity contribution is -0.155. The van der Waals surface area contributed by atoms with Crippen LogP contribution in [-0.4, -0.2) is 62.9 Å². The van der Waals surface area contributed by atoms with E-state index in [2.05, 4.69) is 20.9 Å². The zero-order valence-corrected chi connectivity index (χ0v) is 23.9. The molecule has 0 N–H and O–H groups in total. The number of hydrogen-bond donors (Lipinski definition) is 0. The van der Waals surface area contributed by atoms with Gasteiger partial charge in [-0.3, -0.25) is 9.69 Å². The molecule has 210 valence electrons. The molecule has 0 spiro atoms. The molecule has 0 atom stereocenters. The zero-order chi connectivity index (χ0) is 27.0. The van der Waals surface area contributed by atoms with E-state index in [0.29, 0.717) is 29.0 Å². The van der Waals surface area contributed by atoms with Gasteiger partial charge in [0.1, 0.15) is 5.75 Å². The molecular formula is C30H37Cl2N3O4. The summed E-state index contributed by atoms with van der Waals surface area (Å²) >= 11 is 12.6. The molecule has 1 aliphatic carbocycles. The van der Waals surface area contributed by atoms with Crippen LogP contribution in [-0.2, 0) is 20.7 Å². The van der Waals surface area contributed by atoms with Gasteiger partial charge in [0.15, 0.2) is 5.90 Å². The Morgan fingerprint density at radius 2 is 1.79 bits per heavy atom. The van der Waals surface area contributed by atoms with Gasteiger partial charge in [-0.05, 0) is 62.4 Å². The highest BCUT2D eigenvalue weighted by Gasteiger charge is 2.24. The Balaban J connectivity index is 0.997. The first-order chi connectivity index (χ1) is 19.1. The molecule has 2 fully saturated rings. The molecule has 1 saturated carbocycles. The van der Waals surface area contributed by atoms with Gasteiger partial charge in [0.05, 0.1) is 33.9 Å². The van der Waals surface area contributed by atoms with Crippen LogP contribution in [0.1, 0.15) is 50.5 Å². The van der Waals surface area contributed by atoms with E-state index in [1.807, 2.05) is 30.3 Å². The number of hydrogen-bond acceptors (Lipinski definition) is 7. The van der Waals surface area contributed by atoms with Gasteiger partial charge in [-0.1, -0.05) is 48.2 Å². The maximum Gasteiger partial charge on any atom is 0.311 e. The Morgan fingerprint density at radius 3 is 2.62 bits per heavy atom. The molecule has 0 amide bonds. The second-order valence-electron chi connectivity index (χ2n) is 10.5. The quantitative estimate of drug-likeness (QED) is 0.180. The van der Waals surface area contributed by atoms with Gasteiger partial charge in [-0.25, -0.2) is 4.99 Å². The highest BCUT2D eigenvalue weighted by molar-refractivity contribution is 6.43. The van der Waals surface area contributed by atoms with Crippen LogP contribution in [0.2, 0.25) is 10.0 Å². The summed E-state index contributed by atoms with van der Waals surface area (Å²) in [5, 5.41) is 1.24. The fourth-order valence-electron chi connectivity index (χ4n) is 5.50. The molecule has 2 aromatic rings. The number of esters is 1. The third kappa shape index (κ3) is 7.59. The van der Waals surface area contributed by atoms with E-state index in [9.17, 15) is 4.79 Å². The average Bonchev–Trinajstić information content (AvgIpc) is 3.50. The molecule has 5 rings (SSSR count). The monoisotopic (exact) mass is 573 g/mol. The third-order valence-corrected chi connectivity index (χ3v) is 8.62. The number of rotatable bonds is 10. The SMILES string of the molecule is O=C(OCOC1=Nc2cc(OCCCCN3CCN(c4cccc(Cl)c4Cl)CC3)ccc2CC1)C1CCCC1. The standard InChI is InChI=1S/C30H37Cl2N3O4/c31-25-8-5-9-27(29(25)32)35-17-15-34(16-18-35)14-3-4-19-37-24-12-10-22-11-13-28(33-26(22)20-24)38-21-39-30(36)23-6-1-2-7-23/h5,8-10,12,20,23H,1-4,6-7,11,13-19,21H2. The second kappa shape index (κ2) is 13.7. The zero-order valence-electron chi connectivity index (χ0n) is 22.4. The maximum atomic E-state index is 12.1. The van der Waals surface area contributed by atoms with Crippen LogP contribution in [0.15, 0.2) is 41.4 Å². The normalized spacial score (nSPS) is 18.0. The van der Waals surface area contributed by atoms with Crippen molar-refractivity contribution < 1.29 is 19.0 Å². The van der Waals surface area contributed by atoms with Crippen molar-refractivity contribution in [2.75, 3.05) is 51.0 Å². The van der Waals surface area contributed by atoms with Crippen molar-refractivity contribution >= 4 is 46.4 Å². The summed E-state index contributed by atoms with van der Waals surface area (Å²) in [6.45, 7) is 5.57. The number of halogens is 2. The molecule has 0 aromatic heterocycles. The Morgan fingerprint density at radius 1 is 0.974 bits per heavy atom. The molecule has 2 aliphatic heterocycles. The first-order valence-electron chi connectivity index (χ1n) is 14.1. The molecule has 1 saturated heterocycles. The van der Waals surface area contributed by atoms with Crippen LogP contribution in [0, 0.1) is 5.92 Å². The van der Waals surface area contributed by atoms with Crippen molar-refractivity contribution in [3.8, 4) is 5.75 Å². The molecule has 0 unspecified atom stereocenters. The maximum absolute atomic E-state index is 12.1. The van der Waals surface area contributed by atoms with Crippen molar-refractivity contribution in [3.63, 3.8) is 0 Å². The Labute approximate surface area is 241 Å². The lowest BCUT2D eigenvalue weighted by atomic mass is 10.0. The highest BCUT2D eigenvalue weighted by atomic mass is 35.5. The van der Waals surface area contributed by atoms with Crippen molar-refractivity contribution in [2.45, 2.75) is 51.4 Å². The van der Waals surface area contributed by atoms with E-state index in [0.717, 1.165) is 94.8 Å². The number of carbonyl (C=O) groups is 1. The van der Waals surface area contributed by atoms with Crippen LogP contribution in [0.3, 0.4) is 0 Å². The molecule has 2 heterocycles. The van der Waals surface area contributed by atoms with Gasteiger partial charge in [0.2, 0.25) is 6.79 Å². The van der Waals surface area contributed by atoms with Gasteiger partial charge in [-0.15, -0.1) is 0 Å². The predicted octanol–water partition coefficient (Wildman–Crippen LogP) is 6.66. The number of unbranched alkanes of at least 4 members (excludes halogenated alkanes) is 1. The summed E-state index contributed by atoms with van der Waals surface area (Å²) in [7, 11) is 0. The predicted molar refractivity (Wildman–Crippen MR) is 156 cm³/mol. The average molecular weight is 575 g/mol. The number of fused-ring (bicyclic) bond motifs is 1. The summed E-state index contributed by atoms with van der Waals surface area (Å²) in [6, 6.07) is 11.9. The van der Waals surface area contributed by atoms with Crippen LogP contribution in [0.5, 0.6) is 5.75 Å². The molecule has 0 bridgehead atoms. The minimum absolute atomic E-state index is 0.0341. The summed E-state index contributed by atoms with van der Waals surface area (Å²) in [4.78, 5) is 21.5. The fraction of sp³-hybridized carbons (Fsp3) is 0.533. The first-order valence-corrected chi connectivity index (χ1v) is 14.9. The number of piperazine rings is 1. The van der Waals surface area contributed by atoms with Crippen molar-refractivity contribution in [1.82, 2.24) is 4.90 Å².